The Labute approximate surface area is 106 Å². The fraction of sp³-hybridized carbons (Fsp3) is 0.222. The molecule has 15 heavy (non-hydrogen) atoms. The zero-order valence-corrected chi connectivity index (χ0v) is 11.6. The van der Waals surface area contributed by atoms with Crippen LogP contribution in [0.3, 0.4) is 0 Å². The Bertz CT molecular complexity index is 436. The molecular formula is C9H9AuClNO2S. The molecule has 0 aliphatic carbocycles. The van der Waals surface area contributed by atoms with E-state index in [2.05, 4.69) is 14.0 Å². The van der Waals surface area contributed by atoms with Gasteiger partial charge in [0, 0.05) is 0 Å². The summed E-state index contributed by atoms with van der Waals surface area (Å²) in [5, 5.41) is 0. The Morgan fingerprint density at radius 3 is 2.20 bits per heavy atom. The van der Waals surface area contributed by atoms with Gasteiger partial charge in [0.2, 0.25) is 0 Å². The topological polar surface area (TPSA) is 38.5 Å². The first-order valence-electron chi connectivity index (χ1n) is 3.80. The first-order chi connectivity index (χ1) is 7.06. The van der Waals surface area contributed by atoms with E-state index in [1.165, 1.54) is 12.1 Å². The van der Waals surface area contributed by atoms with Crippen LogP contribution in [0.4, 0.5) is 0 Å². The van der Waals surface area contributed by atoms with Crippen LogP contribution in [0.5, 0.6) is 0 Å². The number of sulfone groups is 1. The molecule has 0 atom stereocenters. The van der Waals surface area contributed by atoms with Crippen molar-refractivity contribution in [2.24, 2.45) is 0 Å². The quantitative estimate of drug-likeness (QED) is 0.537. The standard InChI is InChI=1S/C9H9NO2S.Au.ClH/c1-8-3-5-9(6-4-8)13(11,12)7-10-2;;/h3-6H,7H2,1H3;;1H/q;+1;/p-1. The van der Waals surface area contributed by atoms with E-state index in [9.17, 15) is 8.42 Å². The van der Waals surface area contributed by atoms with E-state index < -0.39 is 15.7 Å². The fourth-order valence-corrected chi connectivity index (χ4v) is 1.77. The number of aryl methyl sites for hydroxylation is 1. The van der Waals surface area contributed by atoms with Gasteiger partial charge >= 0.3 is 35.1 Å². The van der Waals surface area contributed by atoms with Crippen LogP contribution >= 0.6 is 9.19 Å². The van der Waals surface area contributed by atoms with Crippen LogP contribution in [0.1, 0.15) is 5.56 Å². The summed E-state index contributed by atoms with van der Waals surface area (Å²) >= 11 is 1.75. The third-order valence-electron chi connectivity index (χ3n) is 1.61. The van der Waals surface area contributed by atoms with Crippen molar-refractivity contribution in [1.82, 2.24) is 0 Å². The van der Waals surface area contributed by atoms with Gasteiger partial charge in [0.25, 0.3) is 9.84 Å². The maximum absolute atomic E-state index is 11.3. The monoisotopic (exact) mass is 427 g/mol. The molecule has 0 saturated carbocycles. The second kappa shape index (κ2) is 7.05. The maximum atomic E-state index is 11.3. The van der Waals surface area contributed by atoms with E-state index in [-0.39, 0.29) is 4.90 Å². The molecule has 0 bridgehead atoms. The van der Waals surface area contributed by atoms with Gasteiger partial charge in [-0.2, -0.15) is 0 Å². The summed E-state index contributed by atoms with van der Waals surface area (Å²) in [6.07, 6.45) is 0. The summed E-state index contributed by atoms with van der Waals surface area (Å²) in [5.41, 5.74) is 1.00. The second-order valence-corrected chi connectivity index (χ2v) is 4.67. The molecule has 0 unspecified atom stereocenters. The Hall–Kier alpha value is -0.310. The molecule has 3 nitrogen and oxygen atoms in total. The van der Waals surface area contributed by atoms with Crippen LogP contribution in [-0.4, -0.2) is 14.3 Å². The average molecular weight is 428 g/mol. The van der Waals surface area contributed by atoms with Crippen molar-refractivity contribution in [2.75, 3.05) is 5.88 Å². The number of rotatable bonds is 2. The molecule has 0 fully saturated rings. The number of benzene rings is 1. The van der Waals surface area contributed by atoms with Crippen molar-refractivity contribution < 1.29 is 28.4 Å². The minimum atomic E-state index is -3.38. The van der Waals surface area contributed by atoms with Gasteiger partial charge in [-0.25, -0.2) is 15.0 Å². The Kier molecular flexibility index (Phi) is 6.90. The molecule has 86 valence electrons. The second-order valence-electron chi connectivity index (χ2n) is 2.72. The molecule has 1 aromatic carbocycles. The van der Waals surface area contributed by atoms with E-state index in [1.54, 1.807) is 32.1 Å². The number of nitrogens with zero attached hydrogens (tertiary/aromatic N) is 1. The first-order valence-corrected chi connectivity index (χ1v) is 8.14. The van der Waals surface area contributed by atoms with Gasteiger partial charge in [-0.15, -0.1) is 0 Å². The zero-order valence-electron chi connectivity index (χ0n) is 7.87. The van der Waals surface area contributed by atoms with Crippen molar-refractivity contribution in [3.63, 3.8) is 0 Å². The van der Waals surface area contributed by atoms with Gasteiger partial charge in [-0.05, 0) is 19.1 Å². The molecule has 0 aromatic heterocycles. The molecule has 0 saturated heterocycles. The summed E-state index contributed by atoms with van der Waals surface area (Å²) in [6.45, 7) is 8.38. The van der Waals surface area contributed by atoms with E-state index >= 15 is 0 Å². The van der Waals surface area contributed by atoms with Crippen molar-refractivity contribution in [1.29, 1.82) is 0 Å². The molecule has 0 spiro atoms. The Morgan fingerprint density at radius 1 is 1.33 bits per heavy atom. The van der Waals surface area contributed by atoms with Gasteiger partial charge in [0.15, 0.2) is 0 Å². The van der Waals surface area contributed by atoms with Gasteiger partial charge in [-0.1, -0.05) is 17.7 Å². The molecule has 1 aromatic rings. The summed E-state index contributed by atoms with van der Waals surface area (Å²) in [4.78, 5) is 3.08. The van der Waals surface area contributed by atoms with Crippen LogP contribution < -0.4 is 0 Å². The number of hydrogen-bond acceptors (Lipinski definition) is 2. The van der Waals surface area contributed by atoms with Crippen molar-refractivity contribution in [3.05, 3.63) is 41.2 Å². The van der Waals surface area contributed by atoms with Crippen molar-refractivity contribution in [3.8, 4) is 0 Å². The van der Waals surface area contributed by atoms with Crippen LogP contribution in [-0.2, 0) is 29.8 Å². The predicted octanol–water partition coefficient (Wildman–Crippen LogP) is 2.33. The minimum absolute atomic E-state index is 0.217. The molecule has 6 heteroatoms. The van der Waals surface area contributed by atoms with Crippen LogP contribution in [0.2, 0.25) is 0 Å². The van der Waals surface area contributed by atoms with Gasteiger partial charge < -0.3 is 0 Å². The molecule has 1 rings (SSSR count). The summed E-state index contributed by atoms with van der Waals surface area (Å²) in [7, 11) is 1.20. The molecular weight excluding hydrogens is 419 g/mol. The summed E-state index contributed by atoms with van der Waals surface area (Å²) in [6, 6.07) is 6.49. The third-order valence-corrected chi connectivity index (χ3v) is 3.07. The van der Waals surface area contributed by atoms with Crippen LogP contribution in [0.25, 0.3) is 4.85 Å². The summed E-state index contributed by atoms with van der Waals surface area (Å²) in [5.74, 6) is -0.476. The molecule has 0 N–H and O–H groups in total. The van der Waals surface area contributed by atoms with Gasteiger partial charge in [0.05, 0.1) is 4.90 Å². The van der Waals surface area contributed by atoms with Crippen molar-refractivity contribution in [2.45, 2.75) is 11.8 Å². The van der Waals surface area contributed by atoms with E-state index in [4.69, 9.17) is 6.57 Å². The summed E-state index contributed by atoms with van der Waals surface area (Å²) < 4.78 is 22.7. The van der Waals surface area contributed by atoms with Gasteiger partial charge in [-0.3, -0.25) is 4.85 Å². The Morgan fingerprint density at radius 2 is 1.80 bits per heavy atom. The molecule has 0 aliphatic rings. The molecule has 0 radical (unpaired) electrons. The normalized spacial score (nSPS) is 9.80. The predicted molar refractivity (Wildman–Crippen MR) is 55.7 cm³/mol. The first kappa shape index (κ1) is 14.7. The number of hydrogen-bond donors (Lipinski definition) is 0. The zero-order chi connectivity index (χ0) is 11.9. The third kappa shape index (κ3) is 4.83. The molecule has 0 aliphatic heterocycles. The van der Waals surface area contributed by atoms with Crippen LogP contribution in [0, 0.1) is 13.5 Å². The molecule has 0 amide bonds. The van der Waals surface area contributed by atoms with Crippen molar-refractivity contribution >= 4 is 19.0 Å². The van der Waals surface area contributed by atoms with E-state index in [1.807, 2.05) is 6.92 Å². The van der Waals surface area contributed by atoms with Crippen LogP contribution in [0.15, 0.2) is 29.2 Å². The number of halogens is 1. The van der Waals surface area contributed by atoms with E-state index in [0.717, 1.165) is 5.56 Å². The fourth-order valence-electron chi connectivity index (χ4n) is 0.905. The van der Waals surface area contributed by atoms with E-state index in [0.29, 0.717) is 0 Å². The SMILES string of the molecule is [C-]#[N+]CS(=O)(=O)c1ccc(C)cc1.[Cl][Au]. The Balaban J connectivity index is 0.000000921. The molecule has 0 heterocycles. The average Bonchev–Trinajstić information content (AvgIpc) is 2.21. The van der Waals surface area contributed by atoms with Gasteiger partial charge in [0.1, 0.15) is 0 Å².